The van der Waals surface area contributed by atoms with Crippen molar-refractivity contribution in [2.75, 3.05) is 17.9 Å². The Balaban J connectivity index is 2.04. The number of sulfonamides is 1. The van der Waals surface area contributed by atoms with Crippen LogP contribution in [0.4, 0.5) is 5.69 Å². The summed E-state index contributed by atoms with van der Waals surface area (Å²) in [5, 5.41) is 3.00. The third kappa shape index (κ3) is 6.21. The molecule has 0 aliphatic rings. The lowest BCUT2D eigenvalue weighted by Crippen LogP contribution is -2.50. The minimum Gasteiger partial charge on any atom is -0.357 e. The van der Waals surface area contributed by atoms with Gasteiger partial charge in [0.25, 0.3) is 10.0 Å². The van der Waals surface area contributed by atoms with Crippen molar-refractivity contribution in [3.63, 3.8) is 0 Å². The number of amides is 2. The number of anilines is 1. The number of nitrogens with zero attached hydrogens (tertiary/aromatic N) is 2. The van der Waals surface area contributed by atoms with Gasteiger partial charge in [-0.25, -0.2) is 8.42 Å². The minimum absolute atomic E-state index is 0.0418. The summed E-state index contributed by atoms with van der Waals surface area (Å²) < 4.78 is 28.3. The molecule has 0 bridgehead atoms. The first-order valence-corrected chi connectivity index (χ1v) is 12.9. The molecule has 3 aromatic carbocycles. The zero-order valence-electron chi connectivity index (χ0n) is 19.8. The van der Waals surface area contributed by atoms with Crippen molar-refractivity contribution in [2.24, 2.45) is 0 Å². The van der Waals surface area contributed by atoms with Crippen LogP contribution in [-0.4, -0.2) is 44.8 Å². The number of hydrogen-bond donors (Lipinski definition) is 1. The van der Waals surface area contributed by atoms with Gasteiger partial charge >= 0.3 is 0 Å². The van der Waals surface area contributed by atoms with Crippen molar-refractivity contribution in [3.05, 3.63) is 95.0 Å². The van der Waals surface area contributed by atoms with Crippen molar-refractivity contribution in [3.8, 4) is 0 Å². The summed E-state index contributed by atoms with van der Waals surface area (Å²) >= 11 is 6.32. The molecule has 1 atom stereocenters. The monoisotopic (exact) mass is 513 g/mol. The predicted molar refractivity (Wildman–Crippen MR) is 138 cm³/mol. The van der Waals surface area contributed by atoms with Gasteiger partial charge in [0.15, 0.2) is 0 Å². The fraction of sp³-hybridized carbons (Fsp3) is 0.231. The molecule has 184 valence electrons. The van der Waals surface area contributed by atoms with Crippen LogP contribution in [0.25, 0.3) is 0 Å². The molecule has 0 saturated heterocycles. The van der Waals surface area contributed by atoms with Crippen LogP contribution in [0.1, 0.15) is 18.1 Å². The Labute approximate surface area is 211 Å². The second-order valence-corrected chi connectivity index (χ2v) is 10.3. The van der Waals surface area contributed by atoms with Crippen LogP contribution in [0.3, 0.4) is 0 Å². The zero-order valence-corrected chi connectivity index (χ0v) is 21.4. The molecule has 1 unspecified atom stereocenters. The summed E-state index contributed by atoms with van der Waals surface area (Å²) in [4.78, 5) is 27.5. The van der Waals surface area contributed by atoms with E-state index >= 15 is 0 Å². The molecule has 1 N–H and O–H groups in total. The van der Waals surface area contributed by atoms with E-state index in [-0.39, 0.29) is 17.3 Å². The highest BCUT2D eigenvalue weighted by Gasteiger charge is 2.32. The summed E-state index contributed by atoms with van der Waals surface area (Å²) in [6.07, 6.45) is 0. The second-order valence-electron chi connectivity index (χ2n) is 8.07. The summed E-state index contributed by atoms with van der Waals surface area (Å²) in [7, 11) is -2.59. The molecule has 0 saturated carbocycles. The molecular formula is C26H28ClN3O4S. The number of hydrogen-bond acceptors (Lipinski definition) is 4. The lowest BCUT2D eigenvalue weighted by molar-refractivity contribution is -0.139. The number of carbonyl (C=O) groups excluding carboxylic acids is 2. The van der Waals surface area contributed by atoms with E-state index in [4.69, 9.17) is 11.6 Å². The highest BCUT2D eigenvalue weighted by molar-refractivity contribution is 7.92. The van der Waals surface area contributed by atoms with Crippen molar-refractivity contribution in [1.29, 1.82) is 0 Å². The third-order valence-corrected chi connectivity index (χ3v) is 7.77. The van der Waals surface area contributed by atoms with Crippen LogP contribution in [-0.2, 0) is 26.2 Å². The SMILES string of the molecule is CNC(=O)C(C)N(Cc1ccccc1Cl)C(=O)CN(c1cccc(C)c1)S(=O)(=O)c1ccccc1. The molecular weight excluding hydrogens is 486 g/mol. The third-order valence-electron chi connectivity index (χ3n) is 5.61. The molecule has 2 amide bonds. The van der Waals surface area contributed by atoms with E-state index in [1.165, 1.54) is 24.1 Å². The van der Waals surface area contributed by atoms with E-state index in [2.05, 4.69) is 5.32 Å². The molecule has 0 aliphatic heterocycles. The maximum absolute atomic E-state index is 13.7. The fourth-order valence-corrected chi connectivity index (χ4v) is 5.26. The Morgan fingerprint density at radius 3 is 2.26 bits per heavy atom. The first-order chi connectivity index (χ1) is 16.6. The number of aryl methyl sites for hydroxylation is 1. The largest absolute Gasteiger partial charge is 0.357 e. The Bertz CT molecular complexity index is 1300. The predicted octanol–water partition coefficient (Wildman–Crippen LogP) is 4.01. The summed E-state index contributed by atoms with van der Waals surface area (Å²) in [6.45, 7) is 2.99. The van der Waals surface area contributed by atoms with Crippen LogP contribution in [0, 0.1) is 6.92 Å². The highest BCUT2D eigenvalue weighted by atomic mass is 35.5. The molecule has 0 aliphatic carbocycles. The molecule has 3 aromatic rings. The molecule has 9 heteroatoms. The molecule has 0 aromatic heterocycles. The summed E-state index contributed by atoms with van der Waals surface area (Å²) in [5.41, 5.74) is 1.84. The number of halogens is 1. The van der Waals surface area contributed by atoms with Gasteiger partial charge in [0.1, 0.15) is 12.6 Å². The lowest BCUT2D eigenvalue weighted by Gasteiger charge is -2.32. The fourth-order valence-electron chi connectivity index (χ4n) is 3.63. The van der Waals surface area contributed by atoms with Gasteiger partial charge in [-0.05, 0) is 55.3 Å². The lowest BCUT2D eigenvalue weighted by atomic mass is 10.1. The van der Waals surface area contributed by atoms with Gasteiger partial charge in [-0.3, -0.25) is 13.9 Å². The molecule has 35 heavy (non-hydrogen) atoms. The maximum atomic E-state index is 13.7. The molecule has 0 heterocycles. The first-order valence-electron chi connectivity index (χ1n) is 11.0. The first kappa shape index (κ1) is 26.2. The van der Waals surface area contributed by atoms with E-state index in [0.29, 0.717) is 16.3 Å². The molecule has 7 nitrogen and oxygen atoms in total. The van der Waals surface area contributed by atoms with E-state index in [9.17, 15) is 18.0 Å². The average molecular weight is 514 g/mol. The van der Waals surface area contributed by atoms with Gasteiger partial charge in [0.05, 0.1) is 10.6 Å². The van der Waals surface area contributed by atoms with Crippen molar-refractivity contribution in [2.45, 2.75) is 31.3 Å². The Kier molecular flexibility index (Phi) is 8.53. The van der Waals surface area contributed by atoms with Crippen LogP contribution in [0.2, 0.25) is 5.02 Å². The number of carbonyl (C=O) groups is 2. The normalized spacial score (nSPS) is 12.0. The molecule has 0 spiro atoms. The Morgan fingerprint density at radius 2 is 1.63 bits per heavy atom. The van der Waals surface area contributed by atoms with Crippen LogP contribution < -0.4 is 9.62 Å². The van der Waals surface area contributed by atoms with Gasteiger partial charge in [-0.15, -0.1) is 0 Å². The highest BCUT2D eigenvalue weighted by Crippen LogP contribution is 2.26. The van der Waals surface area contributed by atoms with Gasteiger partial charge < -0.3 is 10.2 Å². The number of rotatable bonds is 9. The average Bonchev–Trinajstić information content (AvgIpc) is 2.86. The summed E-state index contributed by atoms with van der Waals surface area (Å²) in [5.74, 6) is -0.916. The van der Waals surface area contributed by atoms with Crippen LogP contribution >= 0.6 is 11.6 Å². The molecule has 3 rings (SSSR count). The molecule has 0 fully saturated rings. The van der Waals surface area contributed by atoms with Crippen molar-refractivity contribution >= 4 is 39.1 Å². The van der Waals surface area contributed by atoms with E-state index in [1.54, 1.807) is 67.6 Å². The van der Waals surface area contributed by atoms with E-state index < -0.39 is 28.5 Å². The van der Waals surface area contributed by atoms with Crippen molar-refractivity contribution in [1.82, 2.24) is 10.2 Å². The smallest absolute Gasteiger partial charge is 0.264 e. The van der Waals surface area contributed by atoms with Crippen LogP contribution in [0.15, 0.2) is 83.8 Å². The topological polar surface area (TPSA) is 86.8 Å². The van der Waals surface area contributed by atoms with Crippen LogP contribution in [0.5, 0.6) is 0 Å². The maximum Gasteiger partial charge on any atom is 0.264 e. The van der Waals surface area contributed by atoms with Gasteiger partial charge in [0.2, 0.25) is 11.8 Å². The Hall–Kier alpha value is -3.36. The van der Waals surface area contributed by atoms with Crippen molar-refractivity contribution < 1.29 is 18.0 Å². The molecule has 0 radical (unpaired) electrons. The number of benzene rings is 3. The van der Waals surface area contributed by atoms with Gasteiger partial charge in [0, 0.05) is 18.6 Å². The second kappa shape index (κ2) is 11.4. The number of likely N-dealkylation sites (N-methyl/N-ethyl adjacent to an activating group) is 1. The van der Waals surface area contributed by atoms with E-state index in [0.717, 1.165) is 9.87 Å². The number of nitrogens with one attached hydrogen (secondary N) is 1. The van der Waals surface area contributed by atoms with Gasteiger partial charge in [-0.1, -0.05) is 60.1 Å². The van der Waals surface area contributed by atoms with Gasteiger partial charge in [-0.2, -0.15) is 0 Å². The minimum atomic E-state index is -4.07. The Morgan fingerprint density at radius 1 is 0.971 bits per heavy atom. The zero-order chi connectivity index (χ0) is 25.6. The standard InChI is InChI=1S/C26H28ClN3O4S/c1-19-10-9-12-22(16-19)30(35(33,34)23-13-5-4-6-14-23)18-25(31)29(20(2)26(32)28-3)17-21-11-7-8-15-24(21)27/h4-16,20H,17-18H2,1-3H3,(H,28,32). The van der Waals surface area contributed by atoms with E-state index in [1.807, 2.05) is 13.0 Å². The quantitative estimate of drug-likeness (QED) is 0.468. The summed E-state index contributed by atoms with van der Waals surface area (Å²) in [6, 6.07) is 21.0.